The fourth-order valence-electron chi connectivity index (χ4n) is 2.12. The summed E-state index contributed by atoms with van der Waals surface area (Å²) in [6.07, 6.45) is 3.62. The van der Waals surface area contributed by atoms with Crippen LogP contribution in [0.5, 0.6) is 11.5 Å². The van der Waals surface area contributed by atoms with Gasteiger partial charge in [-0.15, -0.1) is 11.3 Å². The molecule has 8 heteroatoms. The molecule has 0 atom stereocenters. The number of hydrogen-bond donors (Lipinski definition) is 2. The molecular weight excluding hydrogens is 354 g/mol. The number of nitrogens with zero attached hydrogens (tertiary/aromatic N) is 1. The average molecular weight is 371 g/mol. The van der Waals surface area contributed by atoms with Gasteiger partial charge in [-0.3, -0.25) is 9.59 Å². The molecule has 0 unspecified atom stereocenters. The van der Waals surface area contributed by atoms with Gasteiger partial charge in [0.15, 0.2) is 11.5 Å². The lowest BCUT2D eigenvalue weighted by molar-refractivity contribution is -0.120. The van der Waals surface area contributed by atoms with Gasteiger partial charge >= 0.3 is 0 Å². The molecular formula is C18H17N3O4S. The molecule has 1 aromatic heterocycles. The second kappa shape index (κ2) is 8.30. The third kappa shape index (κ3) is 4.70. The molecule has 0 saturated carbocycles. The van der Waals surface area contributed by atoms with Gasteiger partial charge in [-0.05, 0) is 42.1 Å². The highest BCUT2D eigenvalue weighted by Crippen LogP contribution is 2.32. The second-order valence-electron chi connectivity index (χ2n) is 5.39. The van der Waals surface area contributed by atoms with Crippen molar-refractivity contribution in [1.82, 2.24) is 10.7 Å². The Kier molecular flexibility index (Phi) is 5.65. The molecule has 2 amide bonds. The molecule has 1 aromatic carbocycles. The molecule has 3 rings (SSSR count). The molecule has 2 N–H and O–H groups in total. The van der Waals surface area contributed by atoms with Crippen molar-refractivity contribution in [1.29, 1.82) is 0 Å². The molecule has 2 aromatic rings. The van der Waals surface area contributed by atoms with E-state index in [9.17, 15) is 9.59 Å². The summed E-state index contributed by atoms with van der Waals surface area (Å²) in [5.41, 5.74) is 3.94. The second-order valence-corrected chi connectivity index (χ2v) is 6.34. The molecule has 0 spiro atoms. The lowest BCUT2D eigenvalue weighted by Crippen LogP contribution is -2.34. The van der Waals surface area contributed by atoms with E-state index in [1.165, 1.54) is 11.3 Å². The summed E-state index contributed by atoms with van der Waals surface area (Å²) in [6, 6.07) is 9.08. The van der Waals surface area contributed by atoms with Crippen molar-refractivity contribution in [3.63, 3.8) is 0 Å². The number of rotatable bonds is 6. The first-order chi connectivity index (χ1) is 12.6. The number of carbonyl (C=O) groups excluding carboxylic acids is 2. The first-order valence-corrected chi connectivity index (χ1v) is 8.72. The predicted octanol–water partition coefficient (Wildman–Crippen LogP) is 2.41. The number of benzene rings is 1. The van der Waals surface area contributed by atoms with Gasteiger partial charge in [-0.25, -0.2) is 5.43 Å². The van der Waals surface area contributed by atoms with Crippen molar-refractivity contribution in [2.24, 2.45) is 5.10 Å². The highest BCUT2D eigenvalue weighted by Gasteiger charge is 2.12. The maximum atomic E-state index is 11.7. The van der Waals surface area contributed by atoms with Crippen LogP contribution in [-0.4, -0.2) is 30.9 Å². The minimum atomic E-state index is -0.397. The Morgan fingerprint density at radius 3 is 2.92 bits per heavy atom. The number of carbonyl (C=O) groups is 2. The maximum Gasteiger partial charge on any atom is 0.261 e. The van der Waals surface area contributed by atoms with Gasteiger partial charge in [-0.1, -0.05) is 18.2 Å². The Hall–Kier alpha value is -3.13. The SMILES string of the molecule is CC(/C=C/c1ccc2c(c1)OCO2)=N\NC(=O)CNC(=O)c1cccs1. The Morgan fingerprint density at radius 1 is 1.27 bits per heavy atom. The van der Waals surface area contributed by atoms with Gasteiger partial charge in [0, 0.05) is 0 Å². The van der Waals surface area contributed by atoms with Crippen molar-refractivity contribution in [3.05, 3.63) is 52.2 Å². The van der Waals surface area contributed by atoms with Gasteiger partial charge in [0.05, 0.1) is 17.1 Å². The van der Waals surface area contributed by atoms with Crippen LogP contribution in [0.2, 0.25) is 0 Å². The Balaban J connectivity index is 1.47. The number of hydrogen-bond acceptors (Lipinski definition) is 6. The molecule has 0 bridgehead atoms. The topological polar surface area (TPSA) is 89.0 Å². The standard InChI is InChI=1S/C18H17N3O4S/c1-12(4-5-13-6-7-14-15(9-13)25-11-24-14)20-21-17(22)10-19-18(23)16-3-2-8-26-16/h2-9H,10-11H2,1H3,(H,19,23)(H,21,22)/b5-4+,20-12+. The largest absolute Gasteiger partial charge is 0.454 e. The van der Waals surface area contributed by atoms with Gasteiger partial charge in [0.25, 0.3) is 11.8 Å². The summed E-state index contributed by atoms with van der Waals surface area (Å²) in [6.45, 7) is 1.85. The molecule has 0 aliphatic carbocycles. The van der Waals surface area contributed by atoms with Gasteiger partial charge in [0.1, 0.15) is 0 Å². The van der Waals surface area contributed by atoms with E-state index in [0.717, 1.165) is 11.3 Å². The van der Waals surface area contributed by atoms with Gasteiger partial charge < -0.3 is 14.8 Å². The van der Waals surface area contributed by atoms with Crippen LogP contribution in [0.3, 0.4) is 0 Å². The summed E-state index contributed by atoms with van der Waals surface area (Å²) in [4.78, 5) is 24.0. The minimum Gasteiger partial charge on any atom is -0.454 e. The molecule has 2 heterocycles. The summed E-state index contributed by atoms with van der Waals surface area (Å²) in [5, 5.41) is 8.32. The van der Waals surface area contributed by atoms with Crippen LogP contribution in [0, 0.1) is 0 Å². The van der Waals surface area contributed by atoms with Crippen LogP contribution in [0.15, 0.2) is 46.9 Å². The third-order valence-corrected chi connectivity index (χ3v) is 4.29. The zero-order valence-electron chi connectivity index (χ0n) is 14.0. The molecule has 7 nitrogen and oxygen atoms in total. The Labute approximate surface area is 154 Å². The van der Waals surface area contributed by atoms with Crippen LogP contribution in [0.4, 0.5) is 0 Å². The van der Waals surface area contributed by atoms with Gasteiger partial charge in [0.2, 0.25) is 6.79 Å². The van der Waals surface area contributed by atoms with Crippen LogP contribution < -0.4 is 20.2 Å². The summed E-state index contributed by atoms with van der Waals surface area (Å²) in [5.74, 6) is 0.755. The minimum absolute atomic E-state index is 0.139. The Morgan fingerprint density at radius 2 is 2.12 bits per heavy atom. The quantitative estimate of drug-likeness (QED) is 0.603. The van der Waals surface area contributed by atoms with Gasteiger partial charge in [-0.2, -0.15) is 5.10 Å². The molecule has 1 aliphatic heterocycles. The zero-order valence-corrected chi connectivity index (χ0v) is 14.8. The maximum absolute atomic E-state index is 11.7. The molecule has 26 heavy (non-hydrogen) atoms. The zero-order chi connectivity index (χ0) is 18.4. The number of hydrazone groups is 1. The third-order valence-electron chi connectivity index (χ3n) is 3.43. The normalized spacial score (nSPS) is 13.0. The van der Waals surface area contributed by atoms with E-state index in [0.29, 0.717) is 16.3 Å². The summed E-state index contributed by atoms with van der Waals surface area (Å²) < 4.78 is 10.6. The summed E-state index contributed by atoms with van der Waals surface area (Å²) in [7, 11) is 0. The van der Waals surface area contributed by atoms with Crippen LogP contribution in [-0.2, 0) is 4.79 Å². The van der Waals surface area contributed by atoms with E-state index in [1.807, 2.05) is 24.3 Å². The number of amides is 2. The smallest absolute Gasteiger partial charge is 0.261 e. The van der Waals surface area contributed by atoms with Crippen molar-refractivity contribution in [2.45, 2.75) is 6.92 Å². The van der Waals surface area contributed by atoms with E-state index in [1.54, 1.807) is 30.5 Å². The van der Waals surface area contributed by atoms with E-state index in [-0.39, 0.29) is 19.2 Å². The molecule has 1 aliphatic rings. The van der Waals surface area contributed by atoms with Crippen LogP contribution >= 0.6 is 11.3 Å². The lowest BCUT2D eigenvalue weighted by Gasteiger charge is -2.03. The van der Waals surface area contributed by atoms with E-state index >= 15 is 0 Å². The first-order valence-electron chi connectivity index (χ1n) is 7.84. The first kappa shape index (κ1) is 17.7. The summed E-state index contributed by atoms with van der Waals surface area (Å²) >= 11 is 1.32. The number of ether oxygens (including phenoxy) is 2. The van der Waals surface area contributed by atoms with Crippen LogP contribution in [0.25, 0.3) is 6.08 Å². The van der Waals surface area contributed by atoms with E-state index in [4.69, 9.17) is 9.47 Å². The molecule has 0 radical (unpaired) electrons. The predicted molar refractivity (Wildman–Crippen MR) is 99.5 cm³/mol. The van der Waals surface area contributed by atoms with E-state index in [2.05, 4.69) is 15.8 Å². The van der Waals surface area contributed by atoms with Crippen molar-refractivity contribution in [2.75, 3.05) is 13.3 Å². The number of nitrogens with one attached hydrogen (secondary N) is 2. The lowest BCUT2D eigenvalue weighted by atomic mass is 10.2. The van der Waals surface area contributed by atoms with Crippen molar-refractivity contribution >= 4 is 34.9 Å². The Bertz CT molecular complexity index is 859. The van der Waals surface area contributed by atoms with E-state index < -0.39 is 5.91 Å². The average Bonchev–Trinajstić information content (AvgIpc) is 3.33. The van der Waals surface area contributed by atoms with Crippen molar-refractivity contribution in [3.8, 4) is 11.5 Å². The number of allylic oxidation sites excluding steroid dienone is 1. The fourth-order valence-corrected chi connectivity index (χ4v) is 2.76. The number of fused-ring (bicyclic) bond motifs is 1. The fraction of sp³-hybridized carbons (Fsp3) is 0.167. The monoisotopic (exact) mass is 371 g/mol. The van der Waals surface area contributed by atoms with Crippen LogP contribution in [0.1, 0.15) is 22.2 Å². The highest BCUT2D eigenvalue weighted by atomic mass is 32.1. The molecule has 134 valence electrons. The highest BCUT2D eigenvalue weighted by molar-refractivity contribution is 7.12. The molecule has 0 saturated heterocycles. The van der Waals surface area contributed by atoms with Crippen molar-refractivity contribution < 1.29 is 19.1 Å². The number of thiophene rings is 1. The molecule has 0 fully saturated rings.